The van der Waals surface area contributed by atoms with Crippen molar-refractivity contribution in [3.05, 3.63) is 29.8 Å². The van der Waals surface area contributed by atoms with Gasteiger partial charge in [0.1, 0.15) is 0 Å². The summed E-state index contributed by atoms with van der Waals surface area (Å²) < 4.78 is 0. The first-order valence-electron chi connectivity index (χ1n) is 5.35. The molecule has 0 radical (unpaired) electrons. The monoisotopic (exact) mass is 189 g/mol. The Bertz CT molecular complexity index is 341. The molecular formula is C13H19N. The molecule has 1 aliphatic rings. The quantitative estimate of drug-likeness (QED) is 0.606. The highest BCUT2D eigenvalue weighted by Gasteiger charge is 2.35. The molecule has 0 amide bonds. The number of hydrogen-bond acceptors (Lipinski definition) is 1. The second-order valence-electron chi connectivity index (χ2n) is 4.95. The van der Waals surface area contributed by atoms with Crippen LogP contribution in [0.4, 0.5) is 5.69 Å². The molecular weight excluding hydrogens is 170 g/mol. The van der Waals surface area contributed by atoms with Crippen LogP contribution in [0.15, 0.2) is 24.3 Å². The summed E-state index contributed by atoms with van der Waals surface area (Å²) in [5.74, 6) is 0.711. The van der Waals surface area contributed by atoms with Gasteiger partial charge in [0.05, 0.1) is 0 Å². The van der Waals surface area contributed by atoms with Crippen molar-refractivity contribution < 1.29 is 0 Å². The van der Waals surface area contributed by atoms with Crippen LogP contribution >= 0.6 is 0 Å². The Morgan fingerprint density at radius 3 is 2.64 bits per heavy atom. The number of hydrogen-bond donors (Lipinski definition) is 0. The van der Waals surface area contributed by atoms with Gasteiger partial charge in [-0.05, 0) is 37.8 Å². The normalized spacial score (nSPS) is 24.6. The van der Waals surface area contributed by atoms with E-state index < -0.39 is 0 Å². The summed E-state index contributed by atoms with van der Waals surface area (Å²) in [5, 5.41) is 0. The van der Waals surface area contributed by atoms with Crippen LogP contribution in [0.25, 0.3) is 0 Å². The zero-order valence-electron chi connectivity index (χ0n) is 9.54. The molecule has 1 aromatic rings. The number of para-hydroxylation sites is 1. The molecule has 1 aliphatic heterocycles. The summed E-state index contributed by atoms with van der Waals surface area (Å²) >= 11 is 0. The lowest BCUT2D eigenvalue weighted by molar-refractivity contribution is 0.314. The molecule has 2 rings (SSSR count). The Balaban J connectivity index is 2.49. The number of benzene rings is 1. The highest BCUT2D eigenvalue weighted by Crippen LogP contribution is 2.38. The standard InChI is InChI=1S/C13H19N/c1-10-9-11-7-5-6-8-12(11)14(4)13(10,2)3/h5-8,10H,9H2,1-4H3. The predicted octanol–water partition coefficient (Wildman–Crippen LogP) is 3.09. The number of rotatable bonds is 0. The van der Waals surface area contributed by atoms with Crippen molar-refractivity contribution in [2.45, 2.75) is 32.7 Å². The van der Waals surface area contributed by atoms with Gasteiger partial charge in [0, 0.05) is 18.3 Å². The third-order valence-electron chi connectivity index (χ3n) is 3.95. The van der Waals surface area contributed by atoms with Crippen LogP contribution in [0.5, 0.6) is 0 Å². The maximum Gasteiger partial charge on any atom is 0.0400 e. The fourth-order valence-electron chi connectivity index (χ4n) is 2.23. The Morgan fingerprint density at radius 2 is 1.93 bits per heavy atom. The van der Waals surface area contributed by atoms with Gasteiger partial charge in [0.2, 0.25) is 0 Å². The third-order valence-corrected chi connectivity index (χ3v) is 3.95. The first kappa shape index (κ1) is 9.57. The molecule has 1 heteroatoms. The van der Waals surface area contributed by atoms with Gasteiger partial charge < -0.3 is 4.90 Å². The van der Waals surface area contributed by atoms with E-state index in [1.54, 1.807) is 0 Å². The Morgan fingerprint density at radius 1 is 1.29 bits per heavy atom. The Kier molecular flexibility index (Phi) is 2.06. The van der Waals surface area contributed by atoms with E-state index in [4.69, 9.17) is 0 Å². The van der Waals surface area contributed by atoms with Crippen molar-refractivity contribution in [2.24, 2.45) is 5.92 Å². The lowest BCUT2D eigenvalue weighted by Gasteiger charge is -2.47. The SMILES string of the molecule is CC1Cc2ccccc2N(C)C1(C)C. The van der Waals surface area contributed by atoms with E-state index in [0.717, 1.165) is 0 Å². The number of fused-ring (bicyclic) bond motifs is 1. The van der Waals surface area contributed by atoms with Crippen LogP contribution in [0.2, 0.25) is 0 Å². The minimum Gasteiger partial charge on any atom is -0.369 e. The zero-order chi connectivity index (χ0) is 10.3. The molecule has 76 valence electrons. The third kappa shape index (κ3) is 1.23. The van der Waals surface area contributed by atoms with Crippen LogP contribution < -0.4 is 4.90 Å². The predicted molar refractivity (Wildman–Crippen MR) is 61.8 cm³/mol. The van der Waals surface area contributed by atoms with E-state index in [2.05, 4.69) is 57.0 Å². The second-order valence-corrected chi connectivity index (χ2v) is 4.95. The molecule has 0 N–H and O–H groups in total. The average molecular weight is 189 g/mol. The molecule has 0 spiro atoms. The summed E-state index contributed by atoms with van der Waals surface area (Å²) in [6.07, 6.45) is 1.20. The lowest BCUT2D eigenvalue weighted by atomic mass is 9.78. The van der Waals surface area contributed by atoms with Gasteiger partial charge in [-0.1, -0.05) is 25.1 Å². The van der Waals surface area contributed by atoms with Gasteiger partial charge in [0.15, 0.2) is 0 Å². The Labute approximate surface area is 86.7 Å². The minimum absolute atomic E-state index is 0.272. The molecule has 1 atom stereocenters. The van der Waals surface area contributed by atoms with E-state index in [0.29, 0.717) is 5.92 Å². The van der Waals surface area contributed by atoms with Crippen LogP contribution in [-0.4, -0.2) is 12.6 Å². The lowest BCUT2D eigenvalue weighted by Crippen LogP contribution is -2.50. The van der Waals surface area contributed by atoms with Crippen LogP contribution in [0, 0.1) is 5.92 Å². The Hall–Kier alpha value is -0.980. The van der Waals surface area contributed by atoms with Crippen LogP contribution in [-0.2, 0) is 6.42 Å². The van der Waals surface area contributed by atoms with E-state index in [1.807, 2.05) is 0 Å². The zero-order valence-corrected chi connectivity index (χ0v) is 9.54. The largest absolute Gasteiger partial charge is 0.369 e. The fraction of sp³-hybridized carbons (Fsp3) is 0.538. The average Bonchev–Trinajstić information content (AvgIpc) is 2.15. The fourth-order valence-corrected chi connectivity index (χ4v) is 2.23. The molecule has 0 fully saturated rings. The van der Waals surface area contributed by atoms with E-state index in [-0.39, 0.29) is 5.54 Å². The molecule has 0 aromatic heterocycles. The molecule has 14 heavy (non-hydrogen) atoms. The molecule has 0 bridgehead atoms. The van der Waals surface area contributed by atoms with Crippen molar-refractivity contribution in [3.63, 3.8) is 0 Å². The topological polar surface area (TPSA) is 3.24 Å². The van der Waals surface area contributed by atoms with Crippen molar-refractivity contribution in [3.8, 4) is 0 Å². The molecule has 1 nitrogen and oxygen atoms in total. The first-order valence-corrected chi connectivity index (χ1v) is 5.35. The molecule has 0 saturated heterocycles. The van der Waals surface area contributed by atoms with Gasteiger partial charge in [-0.2, -0.15) is 0 Å². The molecule has 1 unspecified atom stereocenters. The van der Waals surface area contributed by atoms with E-state index in [1.165, 1.54) is 17.7 Å². The first-order chi connectivity index (χ1) is 6.53. The smallest absolute Gasteiger partial charge is 0.0400 e. The van der Waals surface area contributed by atoms with Crippen molar-refractivity contribution >= 4 is 5.69 Å². The van der Waals surface area contributed by atoms with Gasteiger partial charge in [-0.25, -0.2) is 0 Å². The van der Waals surface area contributed by atoms with Gasteiger partial charge in [-0.15, -0.1) is 0 Å². The van der Waals surface area contributed by atoms with Gasteiger partial charge in [0.25, 0.3) is 0 Å². The molecule has 1 heterocycles. The van der Waals surface area contributed by atoms with E-state index in [9.17, 15) is 0 Å². The second kappa shape index (κ2) is 3.01. The number of anilines is 1. The summed E-state index contributed by atoms with van der Waals surface area (Å²) in [7, 11) is 2.20. The van der Waals surface area contributed by atoms with Gasteiger partial charge >= 0.3 is 0 Å². The summed E-state index contributed by atoms with van der Waals surface area (Å²) in [6, 6.07) is 8.74. The molecule has 0 saturated carbocycles. The minimum atomic E-state index is 0.272. The maximum absolute atomic E-state index is 2.41. The number of nitrogens with zero attached hydrogens (tertiary/aromatic N) is 1. The van der Waals surface area contributed by atoms with Gasteiger partial charge in [-0.3, -0.25) is 0 Å². The van der Waals surface area contributed by atoms with Crippen molar-refractivity contribution in [1.82, 2.24) is 0 Å². The van der Waals surface area contributed by atoms with E-state index >= 15 is 0 Å². The maximum atomic E-state index is 2.41. The van der Waals surface area contributed by atoms with Crippen LogP contribution in [0.1, 0.15) is 26.3 Å². The summed E-state index contributed by atoms with van der Waals surface area (Å²) in [4.78, 5) is 2.41. The van der Waals surface area contributed by atoms with Crippen molar-refractivity contribution in [2.75, 3.05) is 11.9 Å². The summed E-state index contributed by atoms with van der Waals surface area (Å²) in [5.41, 5.74) is 3.16. The molecule has 0 aliphatic carbocycles. The summed E-state index contributed by atoms with van der Waals surface area (Å²) in [6.45, 7) is 6.99. The highest BCUT2D eigenvalue weighted by molar-refractivity contribution is 5.57. The van der Waals surface area contributed by atoms with Crippen LogP contribution in [0.3, 0.4) is 0 Å². The molecule has 1 aromatic carbocycles. The highest BCUT2D eigenvalue weighted by atomic mass is 15.2. The van der Waals surface area contributed by atoms with Crippen molar-refractivity contribution in [1.29, 1.82) is 0 Å².